The molecule has 0 aliphatic carbocycles. The topological polar surface area (TPSA) is 68.8 Å². The van der Waals surface area contributed by atoms with Crippen molar-refractivity contribution in [1.82, 2.24) is 24.5 Å². The first kappa shape index (κ1) is 20.6. The molecule has 0 aliphatic heterocycles. The molecule has 0 aliphatic rings. The van der Waals surface area contributed by atoms with Crippen LogP contribution in [0, 0.1) is 27.7 Å². The van der Waals surface area contributed by atoms with Crippen LogP contribution >= 0.6 is 22.9 Å². The van der Waals surface area contributed by atoms with Crippen LogP contribution in [0.3, 0.4) is 0 Å². The first-order valence-corrected chi connectivity index (χ1v) is 10.8. The first-order chi connectivity index (χ1) is 14.2. The van der Waals surface area contributed by atoms with Crippen molar-refractivity contribution in [1.29, 1.82) is 0 Å². The van der Waals surface area contributed by atoms with Gasteiger partial charge in [0.15, 0.2) is 10.8 Å². The first-order valence-electron chi connectivity index (χ1n) is 9.63. The average Bonchev–Trinajstić information content (AvgIpc) is 3.33. The molecular weight excluding hydrogens is 420 g/mol. The maximum Gasteiger partial charge on any atom is 0.280 e. The van der Waals surface area contributed by atoms with E-state index in [1.807, 2.05) is 57.6 Å². The molecule has 156 valence electrons. The number of carbonyl (C=O) groups is 1. The lowest BCUT2D eigenvalue weighted by molar-refractivity contribution is 0.0980. The van der Waals surface area contributed by atoms with Crippen LogP contribution in [0.5, 0.6) is 0 Å². The molecule has 0 bridgehead atoms. The maximum absolute atomic E-state index is 13.4. The summed E-state index contributed by atoms with van der Waals surface area (Å²) in [5.74, 6) is -0.178. The lowest BCUT2D eigenvalue weighted by atomic mass is 10.2. The summed E-state index contributed by atoms with van der Waals surface area (Å²) in [7, 11) is 1.83. The fourth-order valence-electron chi connectivity index (χ4n) is 3.44. The number of benzene rings is 1. The van der Waals surface area contributed by atoms with Crippen molar-refractivity contribution in [2.24, 2.45) is 7.05 Å². The summed E-state index contributed by atoms with van der Waals surface area (Å²) < 4.78 is 4.57. The highest BCUT2D eigenvalue weighted by Crippen LogP contribution is 2.33. The largest absolute Gasteiger partial charge is 0.281 e. The summed E-state index contributed by atoms with van der Waals surface area (Å²) >= 11 is 7.68. The van der Waals surface area contributed by atoms with Crippen molar-refractivity contribution in [3.05, 3.63) is 57.6 Å². The van der Waals surface area contributed by atoms with Gasteiger partial charge in [0.2, 0.25) is 0 Å². The smallest absolute Gasteiger partial charge is 0.280 e. The van der Waals surface area contributed by atoms with Crippen LogP contribution in [-0.2, 0) is 13.6 Å². The fraction of sp³-hybridized carbons (Fsp3) is 0.333. The molecule has 1 amide bonds. The quantitative estimate of drug-likeness (QED) is 0.457. The molecule has 3 aromatic heterocycles. The van der Waals surface area contributed by atoms with Crippen molar-refractivity contribution >= 4 is 44.2 Å². The average molecular weight is 443 g/mol. The van der Waals surface area contributed by atoms with Gasteiger partial charge in [-0.05, 0) is 57.5 Å². The molecule has 1 aromatic carbocycles. The Labute approximate surface area is 183 Å². The van der Waals surface area contributed by atoms with Gasteiger partial charge in [-0.3, -0.25) is 19.1 Å². The molecule has 30 heavy (non-hydrogen) atoms. The lowest BCUT2D eigenvalue weighted by Gasteiger charge is -2.19. The Hall–Kier alpha value is -2.71. The molecule has 7 nitrogen and oxygen atoms in total. The summed E-state index contributed by atoms with van der Waals surface area (Å²) in [6, 6.07) is 7.60. The number of fused-ring (bicyclic) bond motifs is 1. The molecule has 3 heterocycles. The second-order valence-corrected chi connectivity index (χ2v) is 8.91. The molecule has 0 saturated heterocycles. The van der Waals surface area contributed by atoms with E-state index in [0.717, 1.165) is 32.9 Å². The number of thiazole rings is 1. The summed E-state index contributed by atoms with van der Waals surface area (Å²) in [4.78, 5) is 19.9. The minimum atomic E-state index is -0.178. The molecule has 4 aromatic rings. The molecule has 0 unspecified atom stereocenters. The molecule has 0 fully saturated rings. The lowest BCUT2D eigenvalue weighted by Crippen LogP contribution is -2.34. The second kappa shape index (κ2) is 7.85. The van der Waals surface area contributed by atoms with Crippen LogP contribution in [0.25, 0.3) is 10.2 Å². The maximum atomic E-state index is 13.4. The van der Waals surface area contributed by atoms with Crippen LogP contribution in [0.15, 0.2) is 24.3 Å². The Kier molecular flexibility index (Phi) is 5.38. The zero-order valence-corrected chi connectivity index (χ0v) is 19.2. The molecule has 0 radical (unpaired) electrons. The van der Waals surface area contributed by atoms with Crippen LogP contribution in [0.2, 0.25) is 5.02 Å². The van der Waals surface area contributed by atoms with E-state index < -0.39 is 0 Å². The summed E-state index contributed by atoms with van der Waals surface area (Å²) in [5, 5.41) is 10.2. The molecule has 0 saturated carbocycles. The monoisotopic (exact) mass is 442 g/mol. The number of halogens is 1. The van der Waals surface area contributed by atoms with E-state index in [9.17, 15) is 4.79 Å². The van der Waals surface area contributed by atoms with E-state index in [1.54, 1.807) is 15.6 Å². The van der Waals surface area contributed by atoms with E-state index in [1.165, 1.54) is 11.3 Å². The van der Waals surface area contributed by atoms with E-state index in [0.29, 0.717) is 28.9 Å². The normalized spacial score (nSPS) is 11.4. The van der Waals surface area contributed by atoms with Crippen LogP contribution in [-0.4, -0.2) is 37.0 Å². The van der Waals surface area contributed by atoms with Crippen LogP contribution in [0.1, 0.15) is 33.1 Å². The van der Waals surface area contributed by atoms with Gasteiger partial charge in [0.05, 0.1) is 22.5 Å². The third-order valence-corrected chi connectivity index (χ3v) is 6.33. The molecule has 9 heteroatoms. The van der Waals surface area contributed by atoms with Gasteiger partial charge in [-0.25, -0.2) is 4.98 Å². The number of hydrogen-bond donors (Lipinski definition) is 0. The highest BCUT2D eigenvalue weighted by molar-refractivity contribution is 7.22. The number of aryl methyl sites for hydroxylation is 5. The number of hydrogen-bond acceptors (Lipinski definition) is 5. The molecular formula is C21H23ClN6OS. The van der Waals surface area contributed by atoms with Gasteiger partial charge in [-0.1, -0.05) is 22.9 Å². The standard InChI is InChI=1S/C21H23ClN6OS/c1-12-8-16(22)11-18-19(12)23-21(30-18)27(6-7-28-15(4)9-13(2)24-28)20(29)17-10-14(3)26(5)25-17/h8-11H,6-7H2,1-5H3. The number of nitrogens with zero attached hydrogens (tertiary/aromatic N) is 6. The third kappa shape index (κ3) is 3.85. The number of anilines is 1. The van der Waals surface area contributed by atoms with E-state index in [2.05, 4.69) is 10.2 Å². The van der Waals surface area contributed by atoms with Gasteiger partial charge in [0.25, 0.3) is 5.91 Å². The predicted molar refractivity (Wildman–Crippen MR) is 121 cm³/mol. The second-order valence-electron chi connectivity index (χ2n) is 7.47. The van der Waals surface area contributed by atoms with Gasteiger partial charge >= 0.3 is 0 Å². The van der Waals surface area contributed by atoms with Crippen molar-refractivity contribution in [2.45, 2.75) is 34.2 Å². The minimum absolute atomic E-state index is 0.178. The third-order valence-electron chi connectivity index (χ3n) is 5.09. The number of rotatable bonds is 5. The summed E-state index contributed by atoms with van der Waals surface area (Å²) in [6.07, 6.45) is 0. The van der Waals surface area contributed by atoms with Crippen molar-refractivity contribution < 1.29 is 4.79 Å². The molecule has 4 rings (SSSR count). The van der Waals surface area contributed by atoms with Crippen molar-refractivity contribution in [3.8, 4) is 0 Å². The van der Waals surface area contributed by atoms with E-state index in [-0.39, 0.29) is 5.91 Å². The molecule has 0 N–H and O–H groups in total. The van der Waals surface area contributed by atoms with Gasteiger partial charge in [-0.15, -0.1) is 0 Å². The Morgan fingerprint density at radius 1 is 1.10 bits per heavy atom. The number of aromatic nitrogens is 5. The summed E-state index contributed by atoms with van der Waals surface area (Å²) in [6.45, 7) is 8.87. The Morgan fingerprint density at radius 3 is 2.50 bits per heavy atom. The van der Waals surface area contributed by atoms with Gasteiger partial charge in [0, 0.05) is 30.0 Å². The van der Waals surface area contributed by atoms with Crippen LogP contribution < -0.4 is 4.90 Å². The Morgan fingerprint density at radius 2 is 1.87 bits per heavy atom. The summed E-state index contributed by atoms with van der Waals surface area (Å²) in [5.41, 5.74) is 5.18. The Balaban J connectivity index is 1.73. The van der Waals surface area contributed by atoms with Crippen molar-refractivity contribution in [2.75, 3.05) is 11.4 Å². The SMILES string of the molecule is Cc1cc(C)n(CCN(C(=O)c2cc(C)n(C)n2)c2nc3c(C)cc(Cl)cc3s2)n1. The highest BCUT2D eigenvalue weighted by Gasteiger charge is 2.24. The highest BCUT2D eigenvalue weighted by atomic mass is 35.5. The van der Waals surface area contributed by atoms with Crippen LogP contribution in [0.4, 0.5) is 5.13 Å². The zero-order valence-electron chi connectivity index (χ0n) is 17.6. The van der Waals surface area contributed by atoms with E-state index >= 15 is 0 Å². The van der Waals surface area contributed by atoms with Gasteiger partial charge in [0.1, 0.15) is 0 Å². The Bertz CT molecular complexity index is 1230. The molecule has 0 spiro atoms. The fourth-order valence-corrected chi connectivity index (χ4v) is 4.89. The number of amides is 1. The minimum Gasteiger partial charge on any atom is -0.281 e. The zero-order chi connectivity index (χ0) is 21.6. The predicted octanol–water partition coefficient (Wildman–Crippen LogP) is 4.46. The van der Waals surface area contributed by atoms with Gasteiger partial charge < -0.3 is 0 Å². The number of carbonyl (C=O) groups excluding carboxylic acids is 1. The van der Waals surface area contributed by atoms with Gasteiger partial charge in [-0.2, -0.15) is 10.2 Å². The molecule has 0 atom stereocenters. The van der Waals surface area contributed by atoms with Crippen molar-refractivity contribution in [3.63, 3.8) is 0 Å². The van der Waals surface area contributed by atoms with E-state index in [4.69, 9.17) is 16.6 Å².